The van der Waals surface area contributed by atoms with Crippen molar-refractivity contribution in [3.63, 3.8) is 0 Å². The number of hydrogen-bond donors (Lipinski definition) is 1. The zero-order valence-corrected chi connectivity index (χ0v) is 16.4. The zero-order chi connectivity index (χ0) is 19.6. The molecule has 1 heterocycles. The largest absolute Gasteiger partial charge is 0.490 e. The van der Waals surface area contributed by atoms with Gasteiger partial charge in [0.15, 0.2) is 11.5 Å². The second kappa shape index (κ2) is 10.3. The summed E-state index contributed by atoms with van der Waals surface area (Å²) in [4.78, 5) is 4.12. The summed E-state index contributed by atoms with van der Waals surface area (Å²) in [6.45, 7) is 4.54. The minimum atomic E-state index is 0.516. The van der Waals surface area contributed by atoms with E-state index in [4.69, 9.17) is 14.2 Å². The van der Waals surface area contributed by atoms with Gasteiger partial charge in [-0.25, -0.2) is 4.98 Å². The normalized spacial score (nSPS) is 10.5. The summed E-state index contributed by atoms with van der Waals surface area (Å²) in [7, 11) is 1.62. The fraction of sp³-hybridized carbons (Fsp3) is 0.261. The molecule has 146 valence electrons. The van der Waals surface area contributed by atoms with Crippen molar-refractivity contribution >= 4 is 0 Å². The van der Waals surface area contributed by atoms with E-state index in [1.165, 1.54) is 0 Å². The van der Waals surface area contributed by atoms with Gasteiger partial charge in [0.25, 0.3) is 0 Å². The predicted octanol–water partition coefficient (Wildman–Crippen LogP) is 4.36. The van der Waals surface area contributed by atoms with Crippen LogP contribution in [0.4, 0.5) is 0 Å². The molecule has 0 unspecified atom stereocenters. The van der Waals surface area contributed by atoms with Crippen LogP contribution in [0.2, 0.25) is 0 Å². The van der Waals surface area contributed by atoms with Gasteiger partial charge in [-0.2, -0.15) is 0 Å². The molecule has 2 aromatic carbocycles. The van der Waals surface area contributed by atoms with Gasteiger partial charge < -0.3 is 19.5 Å². The molecular weight excluding hydrogens is 352 g/mol. The Morgan fingerprint density at radius 1 is 0.821 bits per heavy atom. The summed E-state index contributed by atoms with van der Waals surface area (Å²) in [5.74, 6) is 2.15. The van der Waals surface area contributed by atoms with Gasteiger partial charge in [-0.15, -0.1) is 0 Å². The summed E-state index contributed by atoms with van der Waals surface area (Å²) in [5, 5.41) is 3.44. The maximum absolute atomic E-state index is 5.96. The van der Waals surface area contributed by atoms with Crippen molar-refractivity contribution in [3.8, 4) is 17.4 Å². The van der Waals surface area contributed by atoms with Gasteiger partial charge in [0.05, 0.1) is 13.7 Å². The van der Waals surface area contributed by atoms with Crippen molar-refractivity contribution in [3.05, 3.63) is 83.6 Å². The van der Waals surface area contributed by atoms with E-state index in [2.05, 4.69) is 16.4 Å². The van der Waals surface area contributed by atoms with Crippen LogP contribution < -0.4 is 19.5 Å². The van der Waals surface area contributed by atoms with Crippen molar-refractivity contribution in [1.29, 1.82) is 0 Å². The van der Waals surface area contributed by atoms with Gasteiger partial charge in [-0.05, 0) is 41.8 Å². The van der Waals surface area contributed by atoms with Crippen molar-refractivity contribution in [2.45, 2.75) is 26.6 Å². The third kappa shape index (κ3) is 5.72. The SMILES string of the molecule is CCOc1cc(CNCc2ccnc(OC)c2)ccc1OCc1ccccc1. The van der Waals surface area contributed by atoms with E-state index in [-0.39, 0.29) is 0 Å². The van der Waals surface area contributed by atoms with Crippen molar-refractivity contribution in [2.75, 3.05) is 13.7 Å². The third-order valence-corrected chi connectivity index (χ3v) is 4.21. The highest BCUT2D eigenvalue weighted by molar-refractivity contribution is 5.43. The van der Waals surface area contributed by atoms with Crippen molar-refractivity contribution in [2.24, 2.45) is 0 Å². The summed E-state index contributed by atoms with van der Waals surface area (Å²) in [6.07, 6.45) is 1.75. The topological polar surface area (TPSA) is 52.6 Å². The first kappa shape index (κ1) is 19.7. The maximum atomic E-state index is 5.96. The molecule has 3 rings (SSSR count). The molecule has 0 saturated carbocycles. The molecule has 0 bridgehead atoms. The van der Waals surface area contributed by atoms with Crippen LogP contribution in [0.5, 0.6) is 17.4 Å². The van der Waals surface area contributed by atoms with Gasteiger partial charge in [-0.3, -0.25) is 0 Å². The number of ether oxygens (including phenoxy) is 3. The maximum Gasteiger partial charge on any atom is 0.213 e. The van der Waals surface area contributed by atoms with Gasteiger partial charge in [0, 0.05) is 25.4 Å². The lowest BCUT2D eigenvalue weighted by molar-refractivity contribution is 0.269. The lowest BCUT2D eigenvalue weighted by Gasteiger charge is -2.14. The predicted molar refractivity (Wildman–Crippen MR) is 110 cm³/mol. The molecule has 28 heavy (non-hydrogen) atoms. The van der Waals surface area contributed by atoms with E-state index >= 15 is 0 Å². The van der Waals surface area contributed by atoms with E-state index in [9.17, 15) is 0 Å². The fourth-order valence-electron chi connectivity index (χ4n) is 2.81. The molecule has 0 aliphatic carbocycles. The Kier molecular flexibility index (Phi) is 7.27. The molecule has 0 spiro atoms. The summed E-state index contributed by atoms with van der Waals surface area (Å²) < 4.78 is 16.9. The molecule has 0 aliphatic heterocycles. The Morgan fingerprint density at radius 3 is 2.36 bits per heavy atom. The highest BCUT2D eigenvalue weighted by Crippen LogP contribution is 2.29. The molecule has 0 radical (unpaired) electrons. The molecule has 1 aromatic heterocycles. The Hall–Kier alpha value is -3.05. The second-order valence-corrected chi connectivity index (χ2v) is 6.30. The first-order valence-electron chi connectivity index (χ1n) is 9.40. The first-order valence-corrected chi connectivity index (χ1v) is 9.40. The molecular formula is C23H26N2O3. The number of pyridine rings is 1. The van der Waals surface area contributed by atoms with E-state index in [0.717, 1.165) is 41.3 Å². The Bertz CT molecular complexity index is 869. The standard InChI is InChI=1S/C23H26N2O3/c1-3-27-22-13-19(15-24-16-20-11-12-25-23(14-20)26-2)9-10-21(22)28-17-18-7-5-4-6-8-18/h4-14,24H,3,15-17H2,1-2H3. The monoisotopic (exact) mass is 378 g/mol. The number of nitrogens with one attached hydrogen (secondary N) is 1. The van der Waals surface area contributed by atoms with E-state index in [1.54, 1.807) is 13.3 Å². The Balaban J connectivity index is 1.59. The minimum absolute atomic E-state index is 0.516. The van der Waals surface area contributed by atoms with Gasteiger partial charge >= 0.3 is 0 Å². The fourth-order valence-corrected chi connectivity index (χ4v) is 2.81. The average Bonchev–Trinajstić information content (AvgIpc) is 2.74. The minimum Gasteiger partial charge on any atom is -0.490 e. The highest BCUT2D eigenvalue weighted by Gasteiger charge is 2.07. The van der Waals surface area contributed by atoms with Crippen LogP contribution in [0.1, 0.15) is 23.6 Å². The van der Waals surface area contributed by atoms with Crippen LogP contribution >= 0.6 is 0 Å². The van der Waals surface area contributed by atoms with E-state index < -0.39 is 0 Å². The number of benzene rings is 2. The van der Waals surface area contributed by atoms with Gasteiger partial charge in [-0.1, -0.05) is 36.4 Å². The molecule has 5 nitrogen and oxygen atoms in total. The molecule has 0 aliphatic rings. The quantitative estimate of drug-likeness (QED) is 0.568. The average molecular weight is 378 g/mol. The molecule has 0 fully saturated rings. The van der Waals surface area contributed by atoms with Crippen LogP contribution in [0.15, 0.2) is 66.9 Å². The number of hydrogen-bond acceptors (Lipinski definition) is 5. The number of methoxy groups -OCH3 is 1. The molecule has 3 aromatic rings. The van der Waals surface area contributed by atoms with Crippen molar-refractivity contribution < 1.29 is 14.2 Å². The van der Waals surface area contributed by atoms with Gasteiger partial charge in [0.2, 0.25) is 5.88 Å². The molecule has 1 N–H and O–H groups in total. The Morgan fingerprint density at radius 2 is 1.61 bits per heavy atom. The highest BCUT2D eigenvalue weighted by atomic mass is 16.5. The molecule has 5 heteroatoms. The van der Waals surface area contributed by atoms with Crippen LogP contribution in [0.25, 0.3) is 0 Å². The third-order valence-electron chi connectivity index (χ3n) is 4.21. The van der Waals surface area contributed by atoms with Crippen molar-refractivity contribution in [1.82, 2.24) is 10.3 Å². The van der Waals surface area contributed by atoms with Gasteiger partial charge in [0.1, 0.15) is 6.61 Å². The van der Waals surface area contributed by atoms with Crippen LogP contribution in [0.3, 0.4) is 0 Å². The van der Waals surface area contributed by atoms with Crippen LogP contribution in [0, 0.1) is 0 Å². The van der Waals surface area contributed by atoms with Crippen LogP contribution in [-0.4, -0.2) is 18.7 Å². The lowest BCUT2D eigenvalue weighted by Crippen LogP contribution is -2.13. The number of aromatic nitrogens is 1. The van der Waals surface area contributed by atoms with Crippen LogP contribution in [-0.2, 0) is 19.7 Å². The number of nitrogens with zero attached hydrogens (tertiary/aromatic N) is 1. The summed E-state index contributed by atoms with van der Waals surface area (Å²) >= 11 is 0. The zero-order valence-electron chi connectivity index (χ0n) is 16.4. The number of rotatable bonds is 10. The smallest absolute Gasteiger partial charge is 0.213 e. The van der Waals surface area contributed by atoms with E-state index in [1.807, 2.05) is 61.5 Å². The molecule has 0 atom stereocenters. The molecule has 0 amide bonds. The first-order chi connectivity index (χ1) is 13.8. The second-order valence-electron chi connectivity index (χ2n) is 6.30. The summed E-state index contributed by atoms with van der Waals surface area (Å²) in [5.41, 5.74) is 3.39. The Labute approximate surface area is 166 Å². The lowest BCUT2D eigenvalue weighted by atomic mass is 10.2. The summed E-state index contributed by atoms with van der Waals surface area (Å²) in [6, 6.07) is 20.1. The van der Waals surface area contributed by atoms with E-state index in [0.29, 0.717) is 19.1 Å². The molecule has 0 saturated heterocycles.